The van der Waals surface area contributed by atoms with Crippen LogP contribution < -0.4 is 0 Å². The van der Waals surface area contributed by atoms with Crippen LogP contribution >= 0.6 is 46.4 Å². The van der Waals surface area contributed by atoms with Gasteiger partial charge in [-0.15, -0.1) is 0 Å². The van der Waals surface area contributed by atoms with E-state index in [1.54, 1.807) is 12.1 Å². The van der Waals surface area contributed by atoms with Crippen molar-refractivity contribution in [3.8, 4) is 11.1 Å². The molecule has 2 rings (SSSR count). The predicted molar refractivity (Wildman–Crippen MR) is 76.7 cm³/mol. The quantitative estimate of drug-likeness (QED) is 0.616. The number of aromatic carboxylic acids is 1. The van der Waals surface area contributed by atoms with Crippen molar-refractivity contribution in [1.82, 2.24) is 4.98 Å². The number of carboxylic acids is 1. The Morgan fingerprint density at radius 1 is 1.11 bits per heavy atom. The highest BCUT2D eigenvalue weighted by atomic mass is 35.5. The number of benzene rings is 1. The highest BCUT2D eigenvalue weighted by molar-refractivity contribution is 6.46. The smallest absolute Gasteiger partial charge is 0.338 e. The maximum Gasteiger partial charge on any atom is 0.338 e. The van der Waals surface area contributed by atoms with Crippen LogP contribution in [0.2, 0.25) is 20.2 Å². The van der Waals surface area contributed by atoms with Gasteiger partial charge in [0, 0.05) is 17.3 Å². The molecule has 0 saturated carbocycles. The lowest BCUT2D eigenvalue weighted by Crippen LogP contribution is -2.00. The zero-order valence-corrected chi connectivity index (χ0v) is 12.1. The minimum absolute atomic E-state index is 0.106. The Morgan fingerprint density at radius 3 is 2.37 bits per heavy atom. The number of hydrogen-bond acceptors (Lipinski definition) is 2. The molecule has 0 saturated heterocycles. The lowest BCUT2D eigenvalue weighted by Gasteiger charge is -2.09. The molecule has 1 aromatic carbocycles. The molecule has 1 heterocycles. The highest BCUT2D eigenvalue weighted by Crippen LogP contribution is 2.39. The molecule has 0 spiro atoms. The van der Waals surface area contributed by atoms with Crippen LogP contribution in [0, 0.1) is 0 Å². The largest absolute Gasteiger partial charge is 0.478 e. The first-order valence-corrected chi connectivity index (χ1v) is 6.45. The molecule has 0 aliphatic heterocycles. The molecule has 3 nitrogen and oxygen atoms in total. The first-order valence-electron chi connectivity index (χ1n) is 4.94. The zero-order chi connectivity index (χ0) is 14.2. The van der Waals surface area contributed by atoms with Crippen LogP contribution in [0.25, 0.3) is 11.1 Å². The molecule has 7 heteroatoms. The van der Waals surface area contributed by atoms with E-state index < -0.39 is 5.97 Å². The SMILES string of the molecule is O=C(O)c1cc(-c2c(Cl)ccc(Cl)c2Cl)cnc1Cl. The van der Waals surface area contributed by atoms with Crippen LogP contribution in [0.5, 0.6) is 0 Å². The molecule has 1 N–H and O–H groups in total. The second kappa shape index (κ2) is 5.55. The van der Waals surface area contributed by atoms with Gasteiger partial charge in [0.05, 0.1) is 20.6 Å². The fourth-order valence-corrected chi connectivity index (χ4v) is 2.46. The molecular formula is C12H5Cl4NO2. The van der Waals surface area contributed by atoms with Crippen molar-refractivity contribution >= 4 is 52.4 Å². The van der Waals surface area contributed by atoms with Gasteiger partial charge >= 0.3 is 5.97 Å². The average Bonchev–Trinajstić information content (AvgIpc) is 2.36. The first kappa shape index (κ1) is 14.4. The van der Waals surface area contributed by atoms with E-state index in [1.807, 2.05) is 0 Å². The number of carbonyl (C=O) groups is 1. The van der Waals surface area contributed by atoms with Gasteiger partial charge in [-0.25, -0.2) is 9.78 Å². The Labute approximate surface area is 128 Å². The van der Waals surface area contributed by atoms with Crippen molar-refractivity contribution in [2.24, 2.45) is 0 Å². The third-order valence-corrected chi connectivity index (χ3v) is 3.82. The monoisotopic (exact) mass is 335 g/mol. The van der Waals surface area contributed by atoms with Gasteiger partial charge in [0.2, 0.25) is 0 Å². The van der Waals surface area contributed by atoms with Crippen molar-refractivity contribution in [2.75, 3.05) is 0 Å². The summed E-state index contributed by atoms with van der Waals surface area (Å²) in [5.41, 5.74) is 0.716. The number of hydrogen-bond donors (Lipinski definition) is 1. The van der Waals surface area contributed by atoms with E-state index in [1.165, 1.54) is 12.3 Å². The highest BCUT2D eigenvalue weighted by Gasteiger charge is 2.16. The summed E-state index contributed by atoms with van der Waals surface area (Å²) in [7, 11) is 0. The number of carboxylic acid groups (broad SMARTS) is 1. The van der Waals surface area contributed by atoms with Crippen molar-refractivity contribution in [3.63, 3.8) is 0 Å². The molecule has 0 aliphatic carbocycles. The Bertz CT molecular complexity index is 673. The lowest BCUT2D eigenvalue weighted by atomic mass is 10.1. The molecule has 0 atom stereocenters. The molecule has 0 amide bonds. The molecular weight excluding hydrogens is 332 g/mol. The second-order valence-electron chi connectivity index (χ2n) is 3.59. The van der Waals surface area contributed by atoms with Crippen LogP contribution in [0.3, 0.4) is 0 Å². The Kier molecular flexibility index (Phi) is 4.21. The third kappa shape index (κ3) is 2.79. The Morgan fingerprint density at radius 2 is 1.74 bits per heavy atom. The molecule has 2 aromatic rings. The van der Waals surface area contributed by atoms with E-state index >= 15 is 0 Å². The van der Waals surface area contributed by atoms with Gasteiger partial charge in [0.25, 0.3) is 0 Å². The van der Waals surface area contributed by atoms with Crippen molar-refractivity contribution in [2.45, 2.75) is 0 Å². The number of rotatable bonds is 2. The summed E-state index contributed by atoms with van der Waals surface area (Å²) in [6, 6.07) is 4.47. The van der Waals surface area contributed by atoms with Crippen molar-refractivity contribution in [3.05, 3.63) is 50.2 Å². The molecule has 1 aromatic heterocycles. The number of pyridine rings is 1. The first-order chi connectivity index (χ1) is 8.91. The lowest BCUT2D eigenvalue weighted by molar-refractivity contribution is 0.0696. The maximum atomic E-state index is 11.0. The van der Waals surface area contributed by atoms with E-state index in [0.717, 1.165) is 0 Å². The minimum atomic E-state index is -1.19. The van der Waals surface area contributed by atoms with E-state index in [2.05, 4.69) is 4.98 Å². The standard InChI is InChI=1S/C12H5Cl4NO2/c13-7-1-2-8(14)10(15)9(7)5-3-6(12(18)19)11(16)17-4-5/h1-4H,(H,18,19). The summed E-state index contributed by atoms with van der Waals surface area (Å²) < 4.78 is 0. The molecule has 19 heavy (non-hydrogen) atoms. The second-order valence-corrected chi connectivity index (χ2v) is 5.14. The van der Waals surface area contributed by atoms with Crippen LogP contribution in [-0.4, -0.2) is 16.1 Å². The normalized spacial score (nSPS) is 10.5. The van der Waals surface area contributed by atoms with Crippen LogP contribution in [-0.2, 0) is 0 Å². The maximum absolute atomic E-state index is 11.0. The van der Waals surface area contributed by atoms with Gasteiger partial charge < -0.3 is 5.11 Å². The van der Waals surface area contributed by atoms with Crippen LogP contribution in [0.4, 0.5) is 0 Å². The van der Waals surface area contributed by atoms with Gasteiger partial charge in [0.1, 0.15) is 5.15 Å². The molecule has 0 aliphatic rings. The van der Waals surface area contributed by atoms with E-state index in [0.29, 0.717) is 21.2 Å². The van der Waals surface area contributed by atoms with E-state index in [9.17, 15) is 4.79 Å². The van der Waals surface area contributed by atoms with E-state index in [4.69, 9.17) is 51.5 Å². The Hall–Kier alpha value is -1.000. The summed E-state index contributed by atoms with van der Waals surface area (Å²) in [5, 5.41) is 9.79. The summed E-state index contributed by atoms with van der Waals surface area (Å²) >= 11 is 23.8. The van der Waals surface area contributed by atoms with Gasteiger partial charge in [-0.05, 0) is 18.2 Å². The third-order valence-electron chi connectivity index (χ3n) is 2.40. The summed E-state index contributed by atoms with van der Waals surface area (Å²) in [4.78, 5) is 14.8. The number of nitrogens with zero attached hydrogens (tertiary/aromatic N) is 1. The topological polar surface area (TPSA) is 50.2 Å². The molecule has 0 radical (unpaired) electrons. The predicted octanol–water partition coefficient (Wildman–Crippen LogP) is 5.06. The fraction of sp³-hybridized carbons (Fsp3) is 0. The molecule has 0 unspecified atom stereocenters. The van der Waals surface area contributed by atoms with Gasteiger partial charge in [-0.3, -0.25) is 0 Å². The number of aromatic nitrogens is 1. The summed E-state index contributed by atoms with van der Waals surface area (Å²) in [6.07, 6.45) is 1.39. The molecule has 0 fully saturated rings. The molecule has 98 valence electrons. The van der Waals surface area contributed by atoms with E-state index in [-0.39, 0.29) is 15.7 Å². The fourth-order valence-electron chi connectivity index (χ4n) is 1.53. The Balaban J connectivity index is 2.70. The van der Waals surface area contributed by atoms with Gasteiger partial charge in [-0.2, -0.15) is 0 Å². The summed E-state index contributed by atoms with van der Waals surface area (Å²) in [6.45, 7) is 0. The summed E-state index contributed by atoms with van der Waals surface area (Å²) in [5.74, 6) is -1.19. The van der Waals surface area contributed by atoms with Gasteiger partial charge in [-0.1, -0.05) is 46.4 Å². The average molecular weight is 337 g/mol. The van der Waals surface area contributed by atoms with Crippen LogP contribution in [0.1, 0.15) is 10.4 Å². The zero-order valence-electron chi connectivity index (χ0n) is 9.12. The van der Waals surface area contributed by atoms with Crippen LogP contribution in [0.15, 0.2) is 24.4 Å². The van der Waals surface area contributed by atoms with Gasteiger partial charge in [0.15, 0.2) is 0 Å². The minimum Gasteiger partial charge on any atom is -0.478 e. The van der Waals surface area contributed by atoms with Crippen molar-refractivity contribution in [1.29, 1.82) is 0 Å². The van der Waals surface area contributed by atoms with Crippen molar-refractivity contribution < 1.29 is 9.90 Å². The number of halogens is 4. The molecule has 0 bridgehead atoms.